The largest absolute Gasteiger partial charge is 0.495 e. The van der Waals surface area contributed by atoms with Crippen molar-refractivity contribution in [3.05, 3.63) is 82.5 Å². The lowest BCUT2D eigenvalue weighted by Gasteiger charge is -2.42. The number of anilines is 1. The highest BCUT2D eigenvalue weighted by atomic mass is 35.5. The number of hydrogen-bond donors (Lipinski definition) is 6. The van der Waals surface area contributed by atoms with E-state index in [0.717, 1.165) is 27.7 Å². The van der Waals surface area contributed by atoms with E-state index in [1.807, 2.05) is 60.0 Å². The molecule has 27 heteroatoms. The average molecular weight is 1200 g/mol. The molecule has 3 aliphatic heterocycles. The summed E-state index contributed by atoms with van der Waals surface area (Å²) in [5, 5.41) is 22.3. The van der Waals surface area contributed by atoms with E-state index in [1.54, 1.807) is 45.2 Å². The summed E-state index contributed by atoms with van der Waals surface area (Å²) in [6.45, 7) is 7.45. The minimum absolute atomic E-state index is 0.0329. The van der Waals surface area contributed by atoms with Crippen LogP contribution in [0.25, 0.3) is 10.9 Å². The Morgan fingerprint density at radius 3 is 2.43 bits per heavy atom. The second kappa shape index (κ2) is 29.1. The molecule has 2 saturated heterocycles. The molecule has 6 rings (SSSR count). The smallest absolute Gasteiger partial charge is 0.409 e. The Kier molecular flexibility index (Phi) is 23.1. The molecule has 3 aromatic rings. The van der Waals surface area contributed by atoms with Crippen LogP contribution in [-0.4, -0.2) is 197 Å². The van der Waals surface area contributed by atoms with Crippen LogP contribution in [0, 0.1) is 5.92 Å². The summed E-state index contributed by atoms with van der Waals surface area (Å²) < 4.78 is 75.8. The van der Waals surface area contributed by atoms with E-state index in [0.29, 0.717) is 24.4 Å². The molecule has 3 aliphatic rings. The van der Waals surface area contributed by atoms with E-state index >= 15 is 0 Å². The van der Waals surface area contributed by atoms with Gasteiger partial charge in [-0.2, -0.15) is 8.42 Å². The number of hydrogen-bond acceptors (Lipinski definition) is 18. The third-order valence-electron chi connectivity index (χ3n) is 15.2. The summed E-state index contributed by atoms with van der Waals surface area (Å²) in [6, 6.07) is 10.5. The molecule has 9 unspecified atom stereocenters. The number of fused-ring (bicyclic) bond motifs is 6. The number of aliphatic hydroxyl groups is 1. The number of esters is 1. The van der Waals surface area contributed by atoms with E-state index in [4.69, 9.17) is 44.8 Å². The first-order chi connectivity index (χ1) is 39.2. The number of rotatable bonds is 24. The number of allylic oxidation sites excluding steroid dienone is 3. The molecule has 2 fully saturated rings. The van der Waals surface area contributed by atoms with Crippen molar-refractivity contribution in [1.29, 1.82) is 0 Å². The monoisotopic (exact) mass is 1200 g/mol. The molecule has 5 amide bonds. The number of amides is 5. The highest BCUT2D eigenvalue weighted by Gasteiger charge is 2.64. The molecule has 4 heterocycles. The van der Waals surface area contributed by atoms with Crippen LogP contribution in [0.1, 0.15) is 64.6 Å². The van der Waals surface area contributed by atoms with Crippen LogP contribution in [0.15, 0.2) is 66.3 Å². The maximum atomic E-state index is 14.4. The number of hydrazine groups is 1. The molecule has 1 aromatic heterocycles. The second-order valence-electron chi connectivity index (χ2n) is 21.2. The van der Waals surface area contributed by atoms with Gasteiger partial charge in [-0.05, 0) is 69.5 Å². The number of aromatic nitrogens is 1. The molecular formula is C56H79ClN8O17S. The number of nitrogens with zero attached hydrogens (tertiary/aromatic N) is 4. The van der Waals surface area contributed by atoms with Gasteiger partial charge < -0.3 is 63.3 Å². The van der Waals surface area contributed by atoms with Crippen molar-refractivity contribution >= 4 is 74.0 Å². The molecule has 0 saturated carbocycles. The van der Waals surface area contributed by atoms with Crippen molar-refractivity contribution < 1.29 is 80.0 Å². The van der Waals surface area contributed by atoms with Gasteiger partial charge in [0.2, 0.25) is 23.6 Å². The summed E-state index contributed by atoms with van der Waals surface area (Å²) in [7, 11) is 4.80. The van der Waals surface area contributed by atoms with E-state index in [2.05, 4.69) is 21.4 Å². The van der Waals surface area contributed by atoms with Crippen LogP contribution >= 0.6 is 11.6 Å². The number of halogens is 1. The molecule has 2 aromatic carbocycles. The van der Waals surface area contributed by atoms with Gasteiger partial charge in [0.1, 0.15) is 52.5 Å². The van der Waals surface area contributed by atoms with Crippen LogP contribution < -0.4 is 31.0 Å². The number of likely N-dealkylation sites (N-methyl/N-ethyl adjacent to an activating group) is 1. The lowest BCUT2D eigenvalue weighted by atomic mass is 9.83. The van der Waals surface area contributed by atoms with E-state index < -0.39 is 112 Å². The molecule has 4 bridgehead atoms. The van der Waals surface area contributed by atoms with Gasteiger partial charge in [-0.25, -0.2) is 14.6 Å². The van der Waals surface area contributed by atoms with Gasteiger partial charge in [0, 0.05) is 71.3 Å². The minimum Gasteiger partial charge on any atom is -0.495 e. The minimum atomic E-state index is -4.68. The molecule has 9 atom stereocenters. The quantitative estimate of drug-likeness (QED) is 0.0247. The first-order valence-electron chi connectivity index (χ1n) is 27.2. The number of carbonyl (C=O) groups excluding carboxylic acids is 6. The van der Waals surface area contributed by atoms with Gasteiger partial charge in [0.15, 0.2) is 5.72 Å². The summed E-state index contributed by atoms with van der Waals surface area (Å²) in [6.07, 6.45) is 0.0186. The molecule has 0 radical (unpaired) electrons. The Labute approximate surface area is 488 Å². The highest BCUT2D eigenvalue weighted by Crippen LogP contribution is 2.49. The predicted octanol–water partition coefficient (Wildman–Crippen LogP) is 3.04. The summed E-state index contributed by atoms with van der Waals surface area (Å²) in [4.78, 5) is 83.6. The molecule has 458 valence electrons. The van der Waals surface area contributed by atoms with E-state index in [-0.39, 0.29) is 63.8 Å². The Balaban J connectivity index is 1.01. The number of para-hydroxylation sites is 1. The Morgan fingerprint density at radius 1 is 1.04 bits per heavy atom. The number of methoxy groups -OCH3 is 2. The third-order valence-corrected chi connectivity index (χ3v) is 16.3. The number of ether oxygens (including phenoxy) is 7. The first kappa shape index (κ1) is 65.9. The highest BCUT2D eigenvalue weighted by molar-refractivity contribution is 7.85. The number of nitrogens with one attached hydrogen (secondary N) is 4. The van der Waals surface area contributed by atoms with Gasteiger partial charge >= 0.3 is 12.1 Å². The zero-order valence-corrected chi connectivity index (χ0v) is 50.2. The molecule has 6 N–H and O–H groups in total. The van der Waals surface area contributed by atoms with Gasteiger partial charge in [0.25, 0.3) is 10.1 Å². The van der Waals surface area contributed by atoms with Gasteiger partial charge in [-0.1, -0.05) is 60.5 Å². The Hall–Kier alpha value is -6.20. The van der Waals surface area contributed by atoms with Crippen LogP contribution in [-0.2, 0) is 82.0 Å². The summed E-state index contributed by atoms with van der Waals surface area (Å²) in [5.74, 6) is -4.61. The van der Waals surface area contributed by atoms with Crippen LogP contribution in [0.2, 0.25) is 5.02 Å². The van der Waals surface area contributed by atoms with E-state index in [9.17, 15) is 46.8 Å². The first-order valence-corrected chi connectivity index (χ1v) is 29.2. The fourth-order valence-electron chi connectivity index (χ4n) is 10.1. The van der Waals surface area contributed by atoms with Gasteiger partial charge in [-0.15, -0.1) is 0 Å². The molecule has 0 aliphatic carbocycles. The summed E-state index contributed by atoms with van der Waals surface area (Å²) >= 11 is 6.81. The maximum Gasteiger partial charge on any atom is 0.409 e. The Bertz CT molecular complexity index is 3000. The van der Waals surface area contributed by atoms with Gasteiger partial charge in [0.05, 0.1) is 64.7 Å². The number of benzene rings is 2. The lowest BCUT2D eigenvalue weighted by Crippen LogP contribution is -2.63. The van der Waals surface area contributed by atoms with Crippen molar-refractivity contribution in [3.8, 4) is 5.75 Å². The lowest BCUT2D eigenvalue weighted by molar-refractivity contribution is -0.162. The Morgan fingerprint density at radius 2 is 1.75 bits per heavy atom. The van der Waals surface area contributed by atoms with Crippen molar-refractivity contribution in [3.63, 3.8) is 0 Å². The van der Waals surface area contributed by atoms with Crippen molar-refractivity contribution in [2.24, 2.45) is 5.92 Å². The van der Waals surface area contributed by atoms with Crippen LogP contribution in [0.5, 0.6) is 5.75 Å². The summed E-state index contributed by atoms with van der Waals surface area (Å²) in [5.41, 5.74) is 3.62. The standard InChI is InChI=1S/C56H79ClN8O17S/c1-34-14-13-17-45(77-10)56(72)31-44(80-54(71)61-56)35(2)51-55(4,82-51)46(30-49(68)64(8)42-27-37(26-34)28-43(76-9)50(42)57)81-53(70)36(3)63(7)48(67)19-22-78-24-25-79-23-20-59-52(69)40(33-83(73,74)75)60-47(66)18-21-65-39(32-62(6)58-5)29-38-15-11-12-16-41(38)65/h11-17,27-29,35-36,40,44-46,51,58,72H,18-26,30-33H2,1-10H3,(H,59,69)(H,60,66)(H,61,71)(H,73,74,75). The van der Waals surface area contributed by atoms with Crippen molar-refractivity contribution in [2.45, 2.75) is 121 Å². The number of epoxide rings is 1. The molecule has 25 nitrogen and oxygen atoms in total. The number of aryl methyl sites for hydroxylation is 1. The molecule has 0 spiro atoms. The van der Waals surface area contributed by atoms with E-state index in [1.165, 1.54) is 45.0 Å². The predicted molar refractivity (Wildman–Crippen MR) is 306 cm³/mol. The average Bonchev–Trinajstić information content (AvgIpc) is 2.18. The normalized spacial score (nSPS) is 23.8. The van der Waals surface area contributed by atoms with Crippen molar-refractivity contribution in [1.82, 2.24) is 35.9 Å². The van der Waals surface area contributed by atoms with Crippen LogP contribution in [0.3, 0.4) is 0 Å². The van der Waals surface area contributed by atoms with Gasteiger partial charge in [-0.3, -0.25) is 34.5 Å². The fourth-order valence-corrected chi connectivity index (χ4v) is 11.1. The SMILES string of the molecule is CNN(C)Cc1cc2ccccc2n1CCC(=O)NC(CS(=O)(=O)O)C(=O)NCCOCCOCCC(=O)N(C)C(C)C(=O)OC1CC(=O)N(C)c2cc(cc(OC)c2Cl)CC(C)=CC=CC(OC)C2(O)CC(OC(=O)N2)C(C)C2OC12C. The third kappa shape index (κ3) is 17.5. The molecular weight excluding hydrogens is 1120 g/mol. The molecule has 83 heavy (non-hydrogen) atoms. The fraction of sp³-hybridized carbons (Fsp3) is 0.571. The second-order valence-corrected chi connectivity index (χ2v) is 23.1. The maximum absolute atomic E-state index is 14.4. The number of carbonyl (C=O) groups is 6. The number of alkyl carbamates (subject to hydrolysis) is 1. The zero-order valence-electron chi connectivity index (χ0n) is 48.6. The van der Waals surface area contributed by atoms with Crippen LogP contribution in [0.4, 0.5) is 10.5 Å². The van der Waals surface area contributed by atoms with Crippen molar-refractivity contribution in [2.75, 3.05) is 86.0 Å². The zero-order chi connectivity index (χ0) is 61.0. The topological polar surface area (TPSA) is 308 Å².